The van der Waals surface area contributed by atoms with Crippen LogP contribution in [0.25, 0.3) is 11.8 Å². The molecule has 220 valence electrons. The Morgan fingerprint density at radius 1 is 1.12 bits per heavy atom. The maximum Gasteiger partial charge on any atom is 0.255 e. The van der Waals surface area contributed by atoms with Crippen molar-refractivity contribution in [2.45, 2.75) is 56.9 Å². The number of Topliss-reactive ketones (excluding diaryl/α,β-unsaturated/α-hetero) is 2. The molecule has 1 aromatic rings. The van der Waals surface area contributed by atoms with E-state index in [1.807, 2.05) is 0 Å². The van der Waals surface area contributed by atoms with Crippen LogP contribution in [0.2, 0.25) is 0 Å². The molecule has 1 aromatic carbocycles. The summed E-state index contributed by atoms with van der Waals surface area (Å²) in [7, 11) is 2.89. The molecule has 2 amide bonds. The minimum Gasteiger partial charge on any atom is -0.508 e. The first-order valence-electron chi connectivity index (χ1n) is 13.0. The number of hydrogen-bond acceptors (Lipinski definition) is 10. The van der Waals surface area contributed by atoms with E-state index in [0.717, 1.165) is 0 Å². The number of likely N-dealkylation sites (N-methyl/N-ethyl adjacent to an activating group) is 1. The van der Waals surface area contributed by atoms with Crippen LogP contribution in [-0.2, 0) is 19.2 Å². The quantitative estimate of drug-likeness (QED) is 0.196. The molecular formula is C29H35N3O9. The van der Waals surface area contributed by atoms with E-state index in [1.165, 1.54) is 37.2 Å². The highest BCUT2D eigenvalue weighted by molar-refractivity contribution is 6.24. The van der Waals surface area contributed by atoms with E-state index >= 15 is 0 Å². The molecule has 0 aromatic heterocycles. The standard InChI is InChI=1S/C29H35N3O9/c1-11-13-9-7-12(8-10-14(33)31-28(2,3)4)21(34)16(13)22(35)17-15(11)23(36)19-20(32(5)6)24(37)18(27(30)40)26(39)29(19,41)25(17)38/h7-11,15,19-20,23,34-36,39,41H,1-6H3,(H2,30,40)(H,31,33)/b10-8+/t11-,15+,19?,20-,23-,29-/m0/s1. The molecule has 0 radical (unpaired) electrons. The Morgan fingerprint density at radius 2 is 1.73 bits per heavy atom. The molecule has 1 fully saturated rings. The number of phenols is 1. The van der Waals surface area contributed by atoms with Gasteiger partial charge in [0.15, 0.2) is 11.4 Å². The summed E-state index contributed by atoms with van der Waals surface area (Å²) in [6, 6.07) is 1.66. The fraction of sp³-hybridized carbons (Fsp3) is 0.448. The Hall–Kier alpha value is -4.00. The summed E-state index contributed by atoms with van der Waals surface area (Å²) in [5, 5.41) is 59.6. The summed E-state index contributed by atoms with van der Waals surface area (Å²) >= 11 is 0. The number of nitrogens with zero attached hydrogens (tertiary/aromatic N) is 1. The number of ketones is 2. The summed E-state index contributed by atoms with van der Waals surface area (Å²) in [6.07, 6.45) is 0.853. The van der Waals surface area contributed by atoms with Gasteiger partial charge in [0, 0.05) is 28.7 Å². The molecule has 0 heterocycles. The SMILES string of the molecule is C[C@H]1c2ccc(/C=C/C(=O)NC(C)(C)C)c(O)c2C(O)=C2C(=O)[C@]3(O)C(O)=C(C(N)=O)C(=O)[C@@H](N(C)C)C3[C@@H](O)[C@@H]21. The van der Waals surface area contributed by atoms with Crippen molar-refractivity contribution in [3.8, 4) is 5.75 Å². The van der Waals surface area contributed by atoms with Gasteiger partial charge in [-0.1, -0.05) is 19.1 Å². The van der Waals surface area contributed by atoms with Crippen LogP contribution in [0.3, 0.4) is 0 Å². The fourth-order valence-electron chi connectivity index (χ4n) is 6.34. The third kappa shape index (κ3) is 4.42. The van der Waals surface area contributed by atoms with Crippen molar-refractivity contribution < 1.29 is 44.7 Å². The van der Waals surface area contributed by atoms with Crippen molar-refractivity contribution in [1.82, 2.24) is 10.2 Å². The van der Waals surface area contributed by atoms with Gasteiger partial charge < -0.3 is 36.6 Å². The number of aliphatic hydroxyl groups excluding tert-OH is 3. The van der Waals surface area contributed by atoms with Gasteiger partial charge in [-0.15, -0.1) is 0 Å². The molecule has 0 saturated heterocycles. The zero-order chi connectivity index (χ0) is 30.9. The highest BCUT2D eigenvalue weighted by Crippen LogP contribution is 2.56. The van der Waals surface area contributed by atoms with Crippen molar-refractivity contribution in [2.75, 3.05) is 14.1 Å². The summed E-state index contributed by atoms with van der Waals surface area (Å²) in [5.41, 5.74) is 0.725. The summed E-state index contributed by atoms with van der Waals surface area (Å²) in [5.74, 6) is -10.0. The van der Waals surface area contributed by atoms with E-state index in [9.17, 15) is 44.7 Å². The molecule has 0 aliphatic heterocycles. The first kappa shape index (κ1) is 30.0. The molecule has 41 heavy (non-hydrogen) atoms. The van der Waals surface area contributed by atoms with Crippen LogP contribution >= 0.6 is 0 Å². The third-order valence-electron chi connectivity index (χ3n) is 8.07. The normalized spacial score (nSPS) is 29.9. The van der Waals surface area contributed by atoms with Gasteiger partial charge in [-0.05, 0) is 52.4 Å². The molecule has 0 bridgehead atoms. The number of nitrogens with two attached hydrogens (primary N) is 1. The van der Waals surface area contributed by atoms with Crippen LogP contribution < -0.4 is 11.1 Å². The molecule has 3 aliphatic rings. The molecule has 3 aliphatic carbocycles. The predicted molar refractivity (Wildman–Crippen MR) is 147 cm³/mol. The van der Waals surface area contributed by atoms with Crippen LogP contribution in [0.15, 0.2) is 35.1 Å². The number of aromatic hydroxyl groups is 1. The van der Waals surface area contributed by atoms with Crippen molar-refractivity contribution in [3.05, 3.63) is 51.8 Å². The number of benzene rings is 1. The number of carbonyl (C=O) groups is 4. The number of nitrogens with one attached hydrogen (secondary N) is 1. The fourth-order valence-corrected chi connectivity index (χ4v) is 6.34. The van der Waals surface area contributed by atoms with E-state index in [2.05, 4.69) is 5.32 Å². The Labute approximate surface area is 236 Å². The van der Waals surface area contributed by atoms with Crippen LogP contribution in [0.1, 0.15) is 50.3 Å². The molecule has 12 nitrogen and oxygen atoms in total. The van der Waals surface area contributed by atoms with E-state index < -0.39 is 92.8 Å². The van der Waals surface area contributed by atoms with Gasteiger partial charge in [0.25, 0.3) is 5.91 Å². The smallest absolute Gasteiger partial charge is 0.255 e. The average Bonchev–Trinajstić information content (AvgIpc) is 2.84. The molecule has 0 spiro atoms. The lowest BCUT2D eigenvalue weighted by Crippen LogP contribution is -2.70. The van der Waals surface area contributed by atoms with Crippen molar-refractivity contribution in [1.29, 1.82) is 0 Å². The van der Waals surface area contributed by atoms with Gasteiger partial charge >= 0.3 is 0 Å². The Balaban J connectivity index is 1.92. The summed E-state index contributed by atoms with van der Waals surface area (Å²) < 4.78 is 0. The number of phenolic OH excluding ortho intramolecular Hbond substituents is 1. The molecule has 4 rings (SSSR count). The van der Waals surface area contributed by atoms with Gasteiger partial charge in [0.05, 0.1) is 23.6 Å². The second-order valence-corrected chi connectivity index (χ2v) is 12.1. The number of aliphatic hydroxyl groups is 4. The lowest BCUT2D eigenvalue weighted by Gasteiger charge is -2.53. The Kier molecular flexibility index (Phi) is 7.18. The second-order valence-electron chi connectivity index (χ2n) is 12.1. The number of primary amides is 1. The third-order valence-corrected chi connectivity index (χ3v) is 8.07. The molecule has 6 atom stereocenters. The van der Waals surface area contributed by atoms with Gasteiger partial charge in [-0.2, -0.15) is 0 Å². The van der Waals surface area contributed by atoms with E-state index in [1.54, 1.807) is 33.8 Å². The van der Waals surface area contributed by atoms with Gasteiger partial charge in [-0.3, -0.25) is 24.1 Å². The van der Waals surface area contributed by atoms with Crippen molar-refractivity contribution in [2.24, 2.45) is 17.6 Å². The summed E-state index contributed by atoms with van der Waals surface area (Å²) in [4.78, 5) is 52.9. The van der Waals surface area contributed by atoms with Crippen molar-refractivity contribution >= 4 is 35.2 Å². The van der Waals surface area contributed by atoms with E-state index in [-0.39, 0.29) is 11.1 Å². The minimum absolute atomic E-state index is 0.140. The number of hydrogen-bond donors (Lipinski definition) is 7. The monoisotopic (exact) mass is 569 g/mol. The number of amides is 2. The van der Waals surface area contributed by atoms with Crippen LogP contribution in [0.4, 0.5) is 0 Å². The highest BCUT2D eigenvalue weighted by Gasteiger charge is 2.68. The number of carbonyl (C=O) groups excluding carboxylic acids is 4. The Bertz CT molecular complexity index is 1470. The van der Waals surface area contributed by atoms with Gasteiger partial charge in [0.2, 0.25) is 11.7 Å². The van der Waals surface area contributed by atoms with Gasteiger partial charge in [-0.25, -0.2) is 0 Å². The Morgan fingerprint density at radius 3 is 2.27 bits per heavy atom. The predicted octanol–water partition coefficient (Wildman–Crippen LogP) is 0.424. The van der Waals surface area contributed by atoms with Crippen LogP contribution in [0.5, 0.6) is 5.75 Å². The lowest BCUT2D eigenvalue weighted by atomic mass is 9.54. The molecule has 1 saturated carbocycles. The molecule has 12 heteroatoms. The lowest BCUT2D eigenvalue weighted by molar-refractivity contribution is -0.169. The number of rotatable bonds is 4. The summed E-state index contributed by atoms with van der Waals surface area (Å²) in [6.45, 7) is 7.04. The van der Waals surface area contributed by atoms with E-state index in [0.29, 0.717) is 5.56 Å². The molecule has 8 N–H and O–H groups in total. The number of fused-ring (bicyclic) bond motifs is 3. The topological polar surface area (TPSA) is 211 Å². The second kappa shape index (κ2) is 9.82. The zero-order valence-electron chi connectivity index (χ0n) is 23.6. The van der Waals surface area contributed by atoms with E-state index in [4.69, 9.17) is 5.73 Å². The van der Waals surface area contributed by atoms with Crippen LogP contribution in [-0.4, -0.2) is 91.2 Å². The maximum absolute atomic E-state index is 14.0. The largest absolute Gasteiger partial charge is 0.508 e. The van der Waals surface area contributed by atoms with Crippen molar-refractivity contribution in [3.63, 3.8) is 0 Å². The zero-order valence-corrected chi connectivity index (χ0v) is 23.6. The minimum atomic E-state index is -2.98. The van der Waals surface area contributed by atoms with Crippen LogP contribution in [0, 0.1) is 11.8 Å². The average molecular weight is 570 g/mol. The van der Waals surface area contributed by atoms with Gasteiger partial charge in [0.1, 0.15) is 22.8 Å². The molecule has 1 unspecified atom stereocenters. The first-order valence-corrected chi connectivity index (χ1v) is 13.0. The molecular weight excluding hydrogens is 534 g/mol. The maximum atomic E-state index is 14.0. The highest BCUT2D eigenvalue weighted by atomic mass is 16.4. The first-order chi connectivity index (χ1) is 18.9.